The van der Waals surface area contributed by atoms with Crippen molar-refractivity contribution in [3.05, 3.63) is 32.2 Å². The van der Waals surface area contributed by atoms with Crippen LogP contribution in [0, 0.1) is 13.8 Å². The molecule has 0 amide bonds. The third kappa shape index (κ3) is 1.84. The number of hydrogen-bond donors (Lipinski definition) is 1. The fourth-order valence-electron chi connectivity index (χ4n) is 2.66. The summed E-state index contributed by atoms with van der Waals surface area (Å²) in [5.74, 6) is 1.22. The molecule has 0 aliphatic carbocycles. The van der Waals surface area contributed by atoms with E-state index in [9.17, 15) is 9.59 Å². The summed E-state index contributed by atoms with van der Waals surface area (Å²) < 4.78 is 5.18. The van der Waals surface area contributed by atoms with Gasteiger partial charge in [-0.05, 0) is 20.3 Å². The maximum absolute atomic E-state index is 12.2. The predicted molar refractivity (Wildman–Crippen MR) is 81.4 cm³/mol. The number of aryl methyl sites for hydroxylation is 3. The van der Waals surface area contributed by atoms with Gasteiger partial charge >= 0.3 is 5.69 Å². The maximum Gasteiger partial charge on any atom is 0.329 e. The van der Waals surface area contributed by atoms with Gasteiger partial charge in [-0.1, -0.05) is 0 Å². The van der Waals surface area contributed by atoms with Gasteiger partial charge in [0.2, 0.25) is 5.78 Å². The lowest BCUT2D eigenvalue weighted by molar-refractivity contribution is 0.679. The van der Waals surface area contributed by atoms with Crippen LogP contribution < -0.4 is 11.2 Å². The minimum absolute atomic E-state index is 0.390. The van der Waals surface area contributed by atoms with E-state index in [1.165, 1.54) is 4.57 Å². The summed E-state index contributed by atoms with van der Waals surface area (Å²) in [7, 11) is 1.60. The van der Waals surface area contributed by atoms with Gasteiger partial charge in [0.1, 0.15) is 0 Å². The maximum atomic E-state index is 12.2. The van der Waals surface area contributed by atoms with Gasteiger partial charge in [-0.3, -0.25) is 18.7 Å². The number of halogens is 1. The third-order valence-electron chi connectivity index (χ3n) is 3.92. The van der Waals surface area contributed by atoms with Gasteiger partial charge in [-0.25, -0.2) is 4.79 Å². The number of alkyl halides is 1. The molecule has 1 N–H and O–H groups in total. The van der Waals surface area contributed by atoms with Crippen molar-refractivity contribution < 1.29 is 0 Å². The number of aromatic amines is 1. The molecule has 0 atom stereocenters. The number of H-pyrrole nitrogens is 1. The normalized spacial score (nSPS) is 11.8. The summed E-state index contributed by atoms with van der Waals surface area (Å²) in [6.07, 6.45) is 0.810. The number of hydrogen-bond acceptors (Lipinski definition) is 3. The molecule has 112 valence electrons. The minimum atomic E-state index is -0.463. The SMILES string of the molecule is Cc1c(C)n2c3c(=O)[nH]c(=O)n(C)c3nc2n1CCCCl. The van der Waals surface area contributed by atoms with Crippen LogP contribution in [0.4, 0.5) is 0 Å². The number of nitrogens with one attached hydrogen (secondary N) is 1. The van der Waals surface area contributed by atoms with Crippen LogP contribution in [0.25, 0.3) is 16.9 Å². The topological polar surface area (TPSA) is 77.1 Å². The van der Waals surface area contributed by atoms with E-state index in [2.05, 4.69) is 9.97 Å². The molecule has 3 rings (SSSR count). The Morgan fingerprint density at radius 2 is 1.95 bits per heavy atom. The molecule has 0 aliphatic rings. The van der Waals surface area contributed by atoms with Gasteiger partial charge < -0.3 is 4.57 Å². The summed E-state index contributed by atoms with van der Waals surface area (Å²) in [5.41, 5.74) is 1.89. The largest absolute Gasteiger partial charge is 0.329 e. The third-order valence-corrected chi connectivity index (χ3v) is 4.19. The molecule has 0 radical (unpaired) electrons. The molecule has 0 aliphatic heterocycles. The molecule has 0 saturated carbocycles. The second-order valence-electron chi connectivity index (χ2n) is 5.10. The molecule has 0 fully saturated rings. The van der Waals surface area contributed by atoms with Gasteiger partial charge in [0.25, 0.3) is 5.56 Å². The molecule has 8 heteroatoms. The zero-order valence-corrected chi connectivity index (χ0v) is 12.9. The molecule has 3 heterocycles. The Balaban J connectivity index is 2.49. The molecule has 3 aromatic rings. The highest BCUT2D eigenvalue weighted by molar-refractivity contribution is 6.17. The molecule has 3 aromatic heterocycles. The molecule has 7 nitrogen and oxygen atoms in total. The molecule has 0 aromatic carbocycles. The van der Waals surface area contributed by atoms with Crippen molar-refractivity contribution in [2.75, 3.05) is 5.88 Å². The van der Waals surface area contributed by atoms with Gasteiger partial charge in [-0.15, -0.1) is 11.6 Å². The van der Waals surface area contributed by atoms with E-state index in [0.717, 1.165) is 24.4 Å². The zero-order valence-electron chi connectivity index (χ0n) is 12.1. The van der Waals surface area contributed by atoms with Crippen molar-refractivity contribution in [3.63, 3.8) is 0 Å². The fraction of sp³-hybridized carbons (Fsp3) is 0.462. The van der Waals surface area contributed by atoms with Gasteiger partial charge in [0.15, 0.2) is 11.2 Å². The molecule has 0 saturated heterocycles. The first-order valence-electron chi connectivity index (χ1n) is 6.70. The first-order valence-corrected chi connectivity index (χ1v) is 7.24. The molecule has 0 bridgehead atoms. The van der Waals surface area contributed by atoms with Crippen LogP contribution in [0.1, 0.15) is 17.8 Å². The standard InChI is InChI=1S/C13H16ClN5O2/c1-7-8(2)19-9-10(17(3)13(21)16-11(9)20)15-12(19)18(7)6-4-5-14/h4-6H2,1-3H3,(H,16,20,21). The van der Waals surface area contributed by atoms with Gasteiger partial charge in [0, 0.05) is 30.9 Å². The Hall–Kier alpha value is -2.02. The molecule has 0 unspecified atom stereocenters. The molecule has 0 spiro atoms. The van der Waals surface area contributed by atoms with E-state index in [0.29, 0.717) is 22.8 Å². The summed E-state index contributed by atoms with van der Waals surface area (Å²) >= 11 is 5.77. The predicted octanol–water partition coefficient (Wildman–Crippen LogP) is 0.922. The summed E-state index contributed by atoms with van der Waals surface area (Å²) in [6, 6.07) is 0. The van der Waals surface area contributed by atoms with E-state index < -0.39 is 11.2 Å². The first kappa shape index (κ1) is 13.9. The van der Waals surface area contributed by atoms with Crippen LogP contribution in [0.15, 0.2) is 9.59 Å². The van der Waals surface area contributed by atoms with E-state index >= 15 is 0 Å². The zero-order chi connectivity index (χ0) is 15.3. The average Bonchev–Trinajstić information content (AvgIpc) is 2.93. The Morgan fingerprint density at radius 3 is 2.62 bits per heavy atom. The fourth-order valence-corrected chi connectivity index (χ4v) is 2.78. The molecule has 21 heavy (non-hydrogen) atoms. The Morgan fingerprint density at radius 1 is 1.24 bits per heavy atom. The minimum Gasteiger partial charge on any atom is -0.314 e. The van der Waals surface area contributed by atoms with E-state index in [4.69, 9.17) is 11.6 Å². The second-order valence-corrected chi connectivity index (χ2v) is 5.48. The van der Waals surface area contributed by atoms with Crippen molar-refractivity contribution in [3.8, 4) is 0 Å². The number of imidazole rings is 2. The lowest BCUT2D eigenvalue weighted by Gasteiger charge is -2.04. The van der Waals surface area contributed by atoms with E-state index in [-0.39, 0.29) is 0 Å². The van der Waals surface area contributed by atoms with Crippen molar-refractivity contribution in [1.29, 1.82) is 0 Å². The highest BCUT2D eigenvalue weighted by Crippen LogP contribution is 2.20. The monoisotopic (exact) mass is 309 g/mol. The van der Waals surface area contributed by atoms with Gasteiger partial charge in [0.05, 0.1) is 0 Å². The van der Waals surface area contributed by atoms with Crippen LogP contribution >= 0.6 is 11.6 Å². The second kappa shape index (κ2) is 4.77. The number of nitrogens with zero attached hydrogens (tertiary/aromatic N) is 4. The highest BCUT2D eigenvalue weighted by atomic mass is 35.5. The van der Waals surface area contributed by atoms with Crippen LogP contribution in [0.3, 0.4) is 0 Å². The lowest BCUT2D eigenvalue weighted by Crippen LogP contribution is -2.28. The van der Waals surface area contributed by atoms with E-state index in [1.54, 1.807) is 11.4 Å². The highest BCUT2D eigenvalue weighted by Gasteiger charge is 2.19. The Labute approximate surface area is 124 Å². The molecular formula is C13H16ClN5O2. The Kier molecular flexibility index (Phi) is 3.16. The first-order chi connectivity index (χ1) is 9.97. The van der Waals surface area contributed by atoms with Crippen molar-refractivity contribution in [2.24, 2.45) is 7.05 Å². The Bertz CT molecular complexity index is 959. The van der Waals surface area contributed by atoms with Crippen molar-refractivity contribution in [2.45, 2.75) is 26.8 Å². The average molecular weight is 310 g/mol. The smallest absolute Gasteiger partial charge is 0.314 e. The molecular weight excluding hydrogens is 294 g/mol. The van der Waals surface area contributed by atoms with Crippen LogP contribution in [-0.2, 0) is 13.6 Å². The summed E-state index contributed by atoms with van der Waals surface area (Å²) in [4.78, 5) is 30.7. The van der Waals surface area contributed by atoms with E-state index in [1.807, 2.05) is 18.4 Å². The quantitative estimate of drug-likeness (QED) is 0.731. The van der Waals surface area contributed by atoms with Crippen LogP contribution in [0.5, 0.6) is 0 Å². The van der Waals surface area contributed by atoms with Crippen molar-refractivity contribution >= 4 is 28.5 Å². The summed E-state index contributed by atoms with van der Waals surface area (Å²) in [6.45, 7) is 4.65. The van der Waals surface area contributed by atoms with Gasteiger partial charge in [-0.2, -0.15) is 4.98 Å². The number of fused-ring (bicyclic) bond motifs is 3. The van der Waals surface area contributed by atoms with Crippen LogP contribution in [0.2, 0.25) is 0 Å². The lowest BCUT2D eigenvalue weighted by atomic mass is 10.3. The van der Waals surface area contributed by atoms with Crippen LogP contribution in [-0.4, -0.2) is 29.4 Å². The number of aromatic nitrogens is 5. The van der Waals surface area contributed by atoms with Crippen molar-refractivity contribution in [1.82, 2.24) is 23.5 Å². The summed E-state index contributed by atoms with van der Waals surface area (Å²) in [5, 5.41) is 0. The number of rotatable bonds is 3.